The molecule has 1 amide bonds. The molecule has 1 aliphatic heterocycles. The molecule has 3 N–H and O–H groups in total. The van der Waals surface area contributed by atoms with Gasteiger partial charge in [-0.1, -0.05) is 0 Å². The fourth-order valence-electron chi connectivity index (χ4n) is 2.64. The molecule has 2 rings (SSSR count). The molecule has 2 heterocycles. The molecule has 118 valence electrons. The summed E-state index contributed by atoms with van der Waals surface area (Å²) in [6.45, 7) is 6.04. The second kappa shape index (κ2) is 6.91. The molecular weight excluding hydrogens is 272 g/mol. The molecule has 0 aliphatic carbocycles. The fraction of sp³-hybridized carbons (Fsp3) is 0.714. The van der Waals surface area contributed by atoms with E-state index >= 15 is 0 Å². The van der Waals surface area contributed by atoms with Crippen molar-refractivity contribution in [1.29, 1.82) is 0 Å². The maximum atomic E-state index is 12.6. The van der Waals surface area contributed by atoms with Crippen LogP contribution in [0.25, 0.3) is 0 Å². The van der Waals surface area contributed by atoms with Crippen molar-refractivity contribution in [1.82, 2.24) is 14.7 Å². The zero-order valence-electron chi connectivity index (χ0n) is 12.7. The molecule has 1 fully saturated rings. The third-order valence-electron chi connectivity index (χ3n) is 3.85. The molecule has 7 nitrogen and oxygen atoms in total. The van der Waals surface area contributed by atoms with E-state index < -0.39 is 0 Å². The van der Waals surface area contributed by atoms with Gasteiger partial charge in [0.15, 0.2) is 0 Å². The Hall–Kier alpha value is -1.60. The van der Waals surface area contributed by atoms with E-state index in [1.165, 1.54) is 0 Å². The average Bonchev–Trinajstić information content (AvgIpc) is 2.80. The molecule has 1 aromatic heterocycles. The molecule has 0 radical (unpaired) electrons. The molecule has 0 aromatic carbocycles. The van der Waals surface area contributed by atoms with Crippen molar-refractivity contribution in [2.24, 2.45) is 0 Å². The lowest BCUT2D eigenvalue weighted by Gasteiger charge is -2.32. The summed E-state index contributed by atoms with van der Waals surface area (Å²) in [5.74, 6) is -0.0597. The summed E-state index contributed by atoms with van der Waals surface area (Å²) in [6, 6.07) is 0. The molecule has 0 atom stereocenters. The first-order valence-electron chi connectivity index (χ1n) is 7.43. The van der Waals surface area contributed by atoms with Crippen LogP contribution >= 0.6 is 0 Å². The average molecular weight is 296 g/mol. The van der Waals surface area contributed by atoms with E-state index in [-0.39, 0.29) is 18.6 Å². The predicted molar refractivity (Wildman–Crippen MR) is 79.0 cm³/mol. The van der Waals surface area contributed by atoms with Crippen molar-refractivity contribution in [3.8, 4) is 0 Å². The van der Waals surface area contributed by atoms with Crippen molar-refractivity contribution in [3.05, 3.63) is 11.4 Å². The highest BCUT2D eigenvalue weighted by Crippen LogP contribution is 2.21. The summed E-state index contributed by atoms with van der Waals surface area (Å²) >= 11 is 0. The van der Waals surface area contributed by atoms with E-state index in [1.54, 1.807) is 9.58 Å². The van der Waals surface area contributed by atoms with Crippen LogP contribution in [-0.4, -0.2) is 58.1 Å². The quantitative estimate of drug-likeness (QED) is 0.820. The number of aryl methyl sites for hydroxylation is 2. The van der Waals surface area contributed by atoms with Gasteiger partial charge in [-0.05, 0) is 26.7 Å². The Morgan fingerprint density at radius 2 is 2.14 bits per heavy atom. The standard InChI is InChI=1S/C14H24N4O3/c1-3-18-13(12(15)10(2)16-18)14(20)17-6-4-11(5-7-17)21-9-8-19/h11,19H,3-9,15H2,1-2H3. The number of hydrogen-bond acceptors (Lipinski definition) is 5. The van der Waals surface area contributed by atoms with Crippen LogP contribution in [0.2, 0.25) is 0 Å². The van der Waals surface area contributed by atoms with E-state index in [0.717, 1.165) is 12.8 Å². The van der Waals surface area contributed by atoms with E-state index in [9.17, 15) is 4.79 Å². The number of hydrogen-bond donors (Lipinski definition) is 2. The van der Waals surface area contributed by atoms with E-state index in [0.29, 0.717) is 43.3 Å². The number of ether oxygens (including phenoxy) is 1. The number of amides is 1. The van der Waals surface area contributed by atoms with Crippen LogP contribution in [0, 0.1) is 6.92 Å². The van der Waals surface area contributed by atoms with E-state index in [1.807, 2.05) is 13.8 Å². The van der Waals surface area contributed by atoms with Gasteiger partial charge in [0, 0.05) is 19.6 Å². The SMILES string of the molecule is CCn1nc(C)c(N)c1C(=O)N1CCC(OCCO)CC1. The highest BCUT2D eigenvalue weighted by Gasteiger charge is 2.28. The number of piperidine rings is 1. The van der Waals surface area contributed by atoms with Gasteiger partial charge >= 0.3 is 0 Å². The minimum atomic E-state index is -0.0597. The van der Waals surface area contributed by atoms with Gasteiger partial charge in [-0.25, -0.2) is 0 Å². The summed E-state index contributed by atoms with van der Waals surface area (Å²) in [4.78, 5) is 14.4. The molecule has 21 heavy (non-hydrogen) atoms. The number of carbonyl (C=O) groups is 1. The highest BCUT2D eigenvalue weighted by molar-refractivity contribution is 5.98. The first-order valence-corrected chi connectivity index (χ1v) is 7.43. The van der Waals surface area contributed by atoms with E-state index in [4.69, 9.17) is 15.6 Å². The molecule has 1 aromatic rings. The maximum absolute atomic E-state index is 12.6. The summed E-state index contributed by atoms with van der Waals surface area (Å²) < 4.78 is 7.18. The van der Waals surface area contributed by atoms with Crippen LogP contribution in [0.5, 0.6) is 0 Å². The second-order valence-corrected chi connectivity index (χ2v) is 5.25. The van der Waals surface area contributed by atoms with Crippen molar-refractivity contribution < 1.29 is 14.6 Å². The van der Waals surface area contributed by atoms with Gasteiger partial charge in [-0.2, -0.15) is 5.10 Å². The third kappa shape index (κ3) is 3.36. The van der Waals surface area contributed by atoms with Gasteiger partial charge in [-0.15, -0.1) is 0 Å². The number of aliphatic hydroxyl groups is 1. The Kier molecular flexibility index (Phi) is 5.19. The number of nitrogen functional groups attached to an aromatic ring is 1. The fourth-order valence-corrected chi connectivity index (χ4v) is 2.64. The smallest absolute Gasteiger partial charge is 0.274 e. The first kappa shape index (κ1) is 15.8. The van der Waals surface area contributed by atoms with Crippen LogP contribution in [0.4, 0.5) is 5.69 Å². The Bertz CT molecular complexity index is 493. The van der Waals surface area contributed by atoms with Crippen LogP contribution in [0.15, 0.2) is 0 Å². The lowest BCUT2D eigenvalue weighted by atomic mass is 10.1. The van der Waals surface area contributed by atoms with Gasteiger partial charge < -0.3 is 20.5 Å². The zero-order valence-corrected chi connectivity index (χ0v) is 12.7. The maximum Gasteiger partial charge on any atom is 0.274 e. The van der Waals surface area contributed by atoms with Crippen molar-refractivity contribution in [2.45, 2.75) is 39.3 Å². The molecule has 0 bridgehead atoms. The normalized spacial score (nSPS) is 16.4. The minimum absolute atomic E-state index is 0.0324. The van der Waals surface area contributed by atoms with Crippen LogP contribution in [-0.2, 0) is 11.3 Å². The molecule has 7 heteroatoms. The minimum Gasteiger partial charge on any atom is -0.395 e. The van der Waals surface area contributed by atoms with Crippen molar-refractivity contribution in [3.63, 3.8) is 0 Å². The summed E-state index contributed by atoms with van der Waals surface area (Å²) in [6.07, 6.45) is 1.69. The molecule has 0 unspecified atom stereocenters. The Morgan fingerprint density at radius 3 is 2.71 bits per heavy atom. The molecule has 1 aliphatic rings. The van der Waals surface area contributed by atoms with Crippen LogP contribution < -0.4 is 5.73 Å². The number of aromatic nitrogens is 2. The molecular formula is C14H24N4O3. The molecule has 0 spiro atoms. The van der Waals surface area contributed by atoms with E-state index in [2.05, 4.69) is 5.10 Å². The number of aliphatic hydroxyl groups excluding tert-OH is 1. The number of nitrogens with two attached hydrogens (primary N) is 1. The summed E-state index contributed by atoms with van der Waals surface area (Å²) in [7, 11) is 0. The lowest BCUT2D eigenvalue weighted by molar-refractivity contribution is -0.00573. The van der Waals surface area contributed by atoms with Gasteiger partial charge in [-0.3, -0.25) is 9.48 Å². The molecule has 0 saturated carbocycles. The predicted octanol–water partition coefficient (Wildman–Crippen LogP) is 0.407. The Labute approximate surface area is 124 Å². The third-order valence-corrected chi connectivity index (χ3v) is 3.85. The highest BCUT2D eigenvalue weighted by atomic mass is 16.5. The van der Waals surface area contributed by atoms with Crippen molar-refractivity contribution >= 4 is 11.6 Å². The van der Waals surface area contributed by atoms with Crippen LogP contribution in [0.3, 0.4) is 0 Å². The zero-order chi connectivity index (χ0) is 15.4. The largest absolute Gasteiger partial charge is 0.395 e. The number of anilines is 1. The topological polar surface area (TPSA) is 93.6 Å². The Balaban J connectivity index is 2.02. The van der Waals surface area contributed by atoms with Crippen molar-refractivity contribution in [2.75, 3.05) is 32.0 Å². The number of carbonyl (C=O) groups excluding carboxylic acids is 1. The summed E-state index contributed by atoms with van der Waals surface area (Å²) in [5.41, 5.74) is 7.66. The second-order valence-electron chi connectivity index (χ2n) is 5.25. The first-order chi connectivity index (χ1) is 10.1. The van der Waals surface area contributed by atoms with Gasteiger partial charge in [0.1, 0.15) is 5.69 Å². The number of nitrogens with zero attached hydrogens (tertiary/aromatic N) is 3. The van der Waals surface area contributed by atoms with Gasteiger partial charge in [0.25, 0.3) is 5.91 Å². The van der Waals surface area contributed by atoms with Gasteiger partial charge in [0.2, 0.25) is 0 Å². The van der Waals surface area contributed by atoms with Crippen LogP contribution in [0.1, 0.15) is 35.9 Å². The number of rotatable bonds is 5. The monoisotopic (exact) mass is 296 g/mol. The number of likely N-dealkylation sites (tertiary alicyclic amines) is 1. The molecule has 1 saturated heterocycles. The summed E-state index contributed by atoms with van der Waals surface area (Å²) in [5, 5.41) is 13.1. The van der Waals surface area contributed by atoms with Gasteiger partial charge in [0.05, 0.1) is 30.7 Å². The lowest BCUT2D eigenvalue weighted by Crippen LogP contribution is -2.42. The Morgan fingerprint density at radius 1 is 1.48 bits per heavy atom.